The summed E-state index contributed by atoms with van der Waals surface area (Å²) in [6, 6.07) is 24.1. The Hall–Kier alpha value is -3.94. The molecule has 3 aliphatic heterocycles. The lowest BCUT2D eigenvalue weighted by Crippen LogP contribution is -2.47. The maximum Gasteiger partial charge on any atom is 0.261 e. The molecule has 4 atom stereocenters. The second-order valence-corrected chi connectivity index (χ2v) is 16.7. The van der Waals surface area contributed by atoms with Crippen molar-refractivity contribution >= 4 is 66.7 Å². The van der Waals surface area contributed by atoms with Crippen LogP contribution in [-0.2, 0) is 0 Å². The molecular formula is C40H46N8O2S2. The summed E-state index contributed by atoms with van der Waals surface area (Å²) in [5.74, 6) is 4.72. The zero-order valence-electron chi connectivity index (χ0n) is 29.5. The number of imide groups is 1. The van der Waals surface area contributed by atoms with E-state index >= 15 is 0 Å². The van der Waals surface area contributed by atoms with Crippen LogP contribution in [0.3, 0.4) is 0 Å². The Balaban J connectivity index is 0.000000149. The van der Waals surface area contributed by atoms with Crippen molar-refractivity contribution in [2.45, 2.75) is 12.8 Å². The number of carbonyl (C=O) groups excluding carboxylic acids is 2. The minimum absolute atomic E-state index is 0.129. The first-order valence-electron chi connectivity index (χ1n) is 18.8. The van der Waals surface area contributed by atoms with Crippen molar-refractivity contribution in [2.75, 3.05) is 88.3 Å². The largest absolute Gasteiger partial charge is 0.353 e. The number of aromatic nitrogens is 2. The third-order valence-electron chi connectivity index (χ3n) is 11.8. The predicted octanol–water partition coefficient (Wildman–Crippen LogP) is 5.36. The van der Waals surface area contributed by atoms with E-state index in [4.69, 9.17) is 10.1 Å². The summed E-state index contributed by atoms with van der Waals surface area (Å²) in [4.78, 5) is 36.6. The molecule has 5 aromatic rings. The Morgan fingerprint density at radius 2 is 0.981 bits per heavy atom. The molecule has 0 unspecified atom stereocenters. The van der Waals surface area contributed by atoms with Gasteiger partial charge in [0.05, 0.1) is 20.5 Å². The molecule has 10 nitrogen and oxygen atoms in total. The summed E-state index contributed by atoms with van der Waals surface area (Å²) in [5.41, 5.74) is 6.84. The van der Waals surface area contributed by atoms with Crippen molar-refractivity contribution < 1.29 is 9.59 Å². The van der Waals surface area contributed by atoms with Crippen LogP contribution in [0.5, 0.6) is 0 Å². The lowest BCUT2D eigenvalue weighted by Gasteiger charge is -2.35. The summed E-state index contributed by atoms with van der Waals surface area (Å²) in [5, 5.41) is 2.56. The molecule has 0 spiro atoms. The highest BCUT2D eigenvalue weighted by molar-refractivity contribution is 7.14. The highest BCUT2D eigenvalue weighted by atomic mass is 32.1. The van der Waals surface area contributed by atoms with Crippen molar-refractivity contribution in [3.05, 3.63) is 83.9 Å². The minimum atomic E-state index is -0.129. The number of hydrogen-bond acceptors (Lipinski definition) is 11. The van der Waals surface area contributed by atoms with Crippen LogP contribution in [0.4, 0.5) is 11.6 Å². The number of fused-ring (bicyclic) bond motifs is 3. The Kier molecular flexibility index (Phi) is 9.43. The van der Waals surface area contributed by atoms with Gasteiger partial charge in [-0.2, -0.15) is 8.75 Å². The van der Waals surface area contributed by atoms with Gasteiger partial charge < -0.3 is 15.5 Å². The van der Waals surface area contributed by atoms with Crippen LogP contribution in [-0.4, -0.2) is 114 Å². The molecule has 5 heterocycles. The molecule has 52 heavy (non-hydrogen) atoms. The van der Waals surface area contributed by atoms with Gasteiger partial charge in [-0.15, -0.1) is 0 Å². The number of piperazine rings is 2. The molecular weight excluding hydrogens is 689 g/mol. The summed E-state index contributed by atoms with van der Waals surface area (Å²) >= 11 is 3.19. The van der Waals surface area contributed by atoms with Gasteiger partial charge in [0.1, 0.15) is 11.6 Å². The SMILES string of the molecule is NC[C@H]1C[C@@H]1CN1CCN(c2nsc3ccccc23)CC1.O=C1c2ccccc2C(=O)N1C[C@H]1C[C@@H]1CN1CCN(c2nsc3ccccc23)CC1. The first-order valence-corrected chi connectivity index (χ1v) is 20.4. The van der Waals surface area contributed by atoms with E-state index in [1.807, 2.05) is 12.1 Å². The standard InChI is InChI=1S/C24H24N4O2S.C16H22N4S/c29-23-18-5-1-2-6-19(18)24(30)28(23)15-17-13-16(17)14-26-9-11-27(12-10-26)22-20-7-3-4-8-21(20)31-25-22;17-10-12-9-13(12)11-19-5-7-20(8-6-19)16-14-3-1-2-4-15(14)21-18-16/h1-8,16-17H,9-15H2;1-4,12-13H,5-11,17H2/t16-,17-;12-,13-/m11/s1. The summed E-state index contributed by atoms with van der Waals surface area (Å²) < 4.78 is 11.9. The van der Waals surface area contributed by atoms with Crippen molar-refractivity contribution in [2.24, 2.45) is 29.4 Å². The smallest absolute Gasteiger partial charge is 0.261 e. The van der Waals surface area contributed by atoms with Crippen LogP contribution in [0.25, 0.3) is 20.2 Å². The Morgan fingerprint density at radius 1 is 0.558 bits per heavy atom. The topological polar surface area (TPSA) is 102 Å². The van der Waals surface area contributed by atoms with E-state index in [1.165, 1.54) is 43.9 Å². The quantitative estimate of drug-likeness (QED) is 0.201. The van der Waals surface area contributed by atoms with Crippen LogP contribution in [0.15, 0.2) is 72.8 Å². The van der Waals surface area contributed by atoms with Gasteiger partial charge in [-0.05, 0) is 103 Å². The van der Waals surface area contributed by atoms with Crippen LogP contribution >= 0.6 is 23.1 Å². The number of nitrogens with zero attached hydrogens (tertiary/aromatic N) is 7. The second-order valence-electron chi connectivity index (χ2n) is 15.1. The van der Waals surface area contributed by atoms with Crippen LogP contribution in [0, 0.1) is 23.7 Å². The number of benzene rings is 3. The first-order chi connectivity index (χ1) is 25.5. The molecule has 10 rings (SSSR count). The number of hydrogen-bond donors (Lipinski definition) is 1. The molecule has 3 aromatic carbocycles. The first kappa shape index (κ1) is 33.9. The molecule has 0 radical (unpaired) electrons. The van der Waals surface area contributed by atoms with Crippen LogP contribution in [0.2, 0.25) is 0 Å². The molecule has 2 aliphatic carbocycles. The fourth-order valence-corrected chi connectivity index (χ4v) is 9.96. The summed E-state index contributed by atoms with van der Waals surface area (Å²) in [6.07, 6.45) is 2.44. The zero-order chi connectivity index (χ0) is 35.2. The van der Waals surface area contributed by atoms with Crippen molar-refractivity contribution in [1.82, 2.24) is 23.4 Å². The molecule has 5 aliphatic rings. The Bertz CT molecular complexity index is 2030. The summed E-state index contributed by atoms with van der Waals surface area (Å²) in [7, 11) is 0. The molecule has 2 saturated heterocycles. The monoisotopic (exact) mass is 734 g/mol. The number of nitrogens with two attached hydrogens (primary N) is 1. The number of carbonyl (C=O) groups is 2. The lowest BCUT2D eigenvalue weighted by molar-refractivity contribution is 0.0643. The van der Waals surface area contributed by atoms with Crippen molar-refractivity contribution in [3.63, 3.8) is 0 Å². The fourth-order valence-electron chi connectivity index (χ4n) is 8.37. The van der Waals surface area contributed by atoms with Gasteiger partial charge in [-0.1, -0.05) is 36.4 Å². The van der Waals surface area contributed by atoms with Gasteiger partial charge in [0.25, 0.3) is 11.8 Å². The average Bonchev–Trinajstić information content (AvgIpc) is 3.98. The lowest BCUT2D eigenvalue weighted by atomic mass is 10.1. The molecule has 0 bridgehead atoms. The van der Waals surface area contributed by atoms with E-state index in [2.05, 4.69) is 72.5 Å². The average molecular weight is 735 g/mol. The molecule has 270 valence electrons. The van der Waals surface area contributed by atoms with Gasteiger partial charge in [0.2, 0.25) is 0 Å². The Labute approximate surface area is 313 Å². The molecule has 2 aromatic heterocycles. The van der Waals surface area contributed by atoms with Gasteiger partial charge in [-0.25, -0.2) is 0 Å². The highest BCUT2D eigenvalue weighted by Crippen LogP contribution is 2.42. The van der Waals surface area contributed by atoms with E-state index in [0.29, 0.717) is 29.5 Å². The molecule has 12 heteroatoms. The number of amides is 2. The summed E-state index contributed by atoms with van der Waals surface area (Å²) in [6.45, 7) is 12.3. The minimum Gasteiger partial charge on any atom is -0.353 e. The highest BCUT2D eigenvalue weighted by Gasteiger charge is 2.44. The van der Waals surface area contributed by atoms with Crippen molar-refractivity contribution in [3.8, 4) is 0 Å². The normalized spacial score (nSPS) is 24.8. The number of rotatable bonds is 9. The van der Waals surface area contributed by atoms with Gasteiger partial charge in [0, 0.05) is 82.8 Å². The second kappa shape index (κ2) is 14.5. The van der Waals surface area contributed by atoms with Gasteiger partial charge in [-0.3, -0.25) is 24.3 Å². The third kappa shape index (κ3) is 6.82. The van der Waals surface area contributed by atoms with E-state index in [-0.39, 0.29) is 11.8 Å². The molecule has 2 amide bonds. The van der Waals surface area contributed by atoms with E-state index in [1.54, 1.807) is 35.2 Å². The maximum atomic E-state index is 12.6. The molecule has 4 fully saturated rings. The Morgan fingerprint density at radius 3 is 1.46 bits per heavy atom. The third-order valence-corrected chi connectivity index (χ3v) is 13.4. The number of anilines is 2. The van der Waals surface area contributed by atoms with Gasteiger partial charge >= 0.3 is 0 Å². The maximum absolute atomic E-state index is 12.6. The predicted molar refractivity (Wildman–Crippen MR) is 211 cm³/mol. The van der Waals surface area contributed by atoms with Crippen LogP contribution < -0.4 is 15.5 Å². The molecule has 2 N–H and O–H groups in total. The van der Waals surface area contributed by atoms with E-state index in [9.17, 15) is 9.59 Å². The fraction of sp³-hybridized carbons (Fsp3) is 0.450. The zero-order valence-corrected chi connectivity index (χ0v) is 31.1. The van der Waals surface area contributed by atoms with Gasteiger partial charge in [0.15, 0.2) is 0 Å². The van der Waals surface area contributed by atoms with Crippen LogP contribution in [0.1, 0.15) is 33.6 Å². The van der Waals surface area contributed by atoms with Crippen molar-refractivity contribution in [1.29, 1.82) is 0 Å². The van der Waals surface area contributed by atoms with E-state index in [0.717, 1.165) is 89.5 Å². The molecule has 2 saturated carbocycles. The van der Waals surface area contributed by atoms with E-state index < -0.39 is 0 Å².